The van der Waals surface area contributed by atoms with E-state index < -0.39 is 12.7 Å². The van der Waals surface area contributed by atoms with E-state index in [0.29, 0.717) is 6.54 Å². The molecule has 110 valence electrons. The molecule has 0 spiro atoms. The average Bonchev–Trinajstić information content (AvgIpc) is 2.64. The summed E-state index contributed by atoms with van der Waals surface area (Å²) in [6.45, 7) is 7.96. The van der Waals surface area contributed by atoms with Crippen LogP contribution in [0.25, 0.3) is 0 Å². The van der Waals surface area contributed by atoms with Crippen LogP contribution in [0.3, 0.4) is 0 Å². The first-order valence-corrected chi connectivity index (χ1v) is 7.56. The molecule has 0 saturated heterocycles. The van der Waals surface area contributed by atoms with Gasteiger partial charge in [-0.2, -0.15) is 0 Å². The van der Waals surface area contributed by atoms with E-state index in [0.717, 1.165) is 15.9 Å². The molecule has 1 aliphatic heterocycles. The third-order valence-electron chi connectivity index (χ3n) is 4.02. The second kappa shape index (κ2) is 5.35. The molecular weight excluding hydrogens is 273 g/mol. The highest BCUT2D eigenvalue weighted by Crippen LogP contribution is 2.40. The highest BCUT2D eigenvalue weighted by Gasteiger charge is 2.38. The molecular formula is C14H22BNO3S. The Labute approximate surface area is 124 Å². The smallest absolute Gasteiger partial charge is 0.423 e. The molecule has 6 heteroatoms. The fraction of sp³-hybridized carbons (Fsp3) is 0.571. The SMILES string of the molecule is CC(C)(O)C(C)(C)Sc1ccc2c(c1)B(O)OC2CN. The maximum absolute atomic E-state index is 10.2. The van der Waals surface area contributed by atoms with E-state index in [2.05, 4.69) is 0 Å². The van der Waals surface area contributed by atoms with Crippen molar-refractivity contribution in [1.29, 1.82) is 0 Å². The van der Waals surface area contributed by atoms with Gasteiger partial charge in [0, 0.05) is 16.2 Å². The number of fused-ring (bicyclic) bond motifs is 1. The van der Waals surface area contributed by atoms with Crippen molar-refractivity contribution in [2.45, 2.75) is 49.0 Å². The van der Waals surface area contributed by atoms with Gasteiger partial charge in [0.15, 0.2) is 0 Å². The Morgan fingerprint density at radius 3 is 2.55 bits per heavy atom. The summed E-state index contributed by atoms with van der Waals surface area (Å²) in [5.74, 6) is 0. The van der Waals surface area contributed by atoms with Crippen LogP contribution in [0.5, 0.6) is 0 Å². The molecule has 20 heavy (non-hydrogen) atoms. The normalized spacial score (nSPS) is 19.4. The molecule has 1 heterocycles. The minimum absolute atomic E-state index is 0.235. The van der Waals surface area contributed by atoms with Gasteiger partial charge in [-0.25, -0.2) is 0 Å². The van der Waals surface area contributed by atoms with Crippen molar-refractivity contribution in [2.75, 3.05) is 6.54 Å². The molecule has 1 atom stereocenters. The van der Waals surface area contributed by atoms with Crippen molar-refractivity contribution < 1.29 is 14.8 Å². The predicted octanol–water partition coefficient (Wildman–Crippen LogP) is 1.05. The molecule has 1 aliphatic rings. The van der Waals surface area contributed by atoms with Crippen molar-refractivity contribution in [3.05, 3.63) is 23.8 Å². The highest BCUT2D eigenvalue weighted by molar-refractivity contribution is 8.00. The van der Waals surface area contributed by atoms with E-state index in [1.54, 1.807) is 25.6 Å². The molecule has 0 saturated carbocycles. The number of aliphatic hydroxyl groups is 1. The predicted molar refractivity (Wildman–Crippen MR) is 83.2 cm³/mol. The van der Waals surface area contributed by atoms with Crippen molar-refractivity contribution in [1.82, 2.24) is 0 Å². The number of benzene rings is 1. The Bertz CT molecular complexity index is 502. The first-order valence-electron chi connectivity index (χ1n) is 6.74. The molecule has 1 aromatic carbocycles. The average molecular weight is 295 g/mol. The lowest BCUT2D eigenvalue weighted by Crippen LogP contribution is -2.42. The Balaban J connectivity index is 2.27. The fourth-order valence-electron chi connectivity index (χ4n) is 2.03. The topological polar surface area (TPSA) is 75.7 Å². The van der Waals surface area contributed by atoms with Crippen LogP contribution in [-0.4, -0.2) is 34.1 Å². The van der Waals surface area contributed by atoms with Gasteiger partial charge in [0.05, 0.1) is 11.7 Å². The Kier molecular flexibility index (Phi) is 4.24. The van der Waals surface area contributed by atoms with Crippen LogP contribution in [-0.2, 0) is 4.65 Å². The largest absolute Gasteiger partial charge is 0.492 e. The lowest BCUT2D eigenvalue weighted by atomic mass is 9.79. The van der Waals surface area contributed by atoms with E-state index in [9.17, 15) is 10.1 Å². The van der Waals surface area contributed by atoms with E-state index in [1.807, 2.05) is 32.0 Å². The zero-order chi connectivity index (χ0) is 15.1. The summed E-state index contributed by atoms with van der Waals surface area (Å²) in [6, 6.07) is 5.86. The van der Waals surface area contributed by atoms with Crippen molar-refractivity contribution in [2.24, 2.45) is 5.73 Å². The summed E-state index contributed by atoms with van der Waals surface area (Å²) in [7, 11) is -0.913. The van der Waals surface area contributed by atoms with Gasteiger partial charge in [-0.15, -0.1) is 11.8 Å². The quantitative estimate of drug-likeness (QED) is 0.572. The second-order valence-electron chi connectivity index (χ2n) is 6.17. The first-order chi connectivity index (χ1) is 9.15. The fourth-order valence-corrected chi connectivity index (χ4v) is 3.19. The summed E-state index contributed by atoms with van der Waals surface area (Å²) < 4.78 is 5.06. The third kappa shape index (κ3) is 2.90. The van der Waals surface area contributed by atoms with Gasteiger partial charge in [0.2, 0.25) is 0 Å². The summed E-state index contributed by atoms with van der Waals surface area (Å²) in [5, 5.41) is 20.1. The molecule has 1 unspecified atom stereocenters. The maximum atomic E-state index is 10.2. The molecule has 0 aromatic heterocycles. The van der Waals surface area contributed by atoms with Crippen LogP contribution < -0.4 is 11.2 Å². The molecule has 0 amide bonds. The molecule has 0 radical (unpaired) electrons. The molecule has 4 nitrogen and oxygen atoms in total. The van der Waals surface area contributed by atoms with Crippen molar-refractivity contribution in [3.8, 4) is 0 Å². The van der Waals surface area contributed by atoms with Gasteiger partial charge < -0.3 is 20.5 Å². The third-order valence-corrected chi connectivity index (χ3v) is 5.52. The van der Waals surface area contributed by atoms with Gasteiger partial charge in [-0.05, 0) is 50.9 Å². The number of nitrogens with two attached hydrogens (primary N) is 1. The summed E-state index contributed by atoms with van der Waals surface area (Å²) in [4.78, 5) is 0.996. The monoisotopic (exact) mass is 295 g/mol. The van der Waals surface area contributed by atoms with Crippen LogP contribution in [0, 0.1) is 0 Å². The summed E-state index contributed by atoms with van der Waals surface area (Å²) in [6.07, 6.45) is -0.235. The number of thioether (sulfide) groups is 1. The molecule has 4 N–H and O–H groups in total. The minimum atomic E-state index is -0.913. The van der Waals surface area contributed by atoms with Crippen LogP contribution >= 0.6 is 11.8 Å². The van der Waals surface area contributed by atoms with Crippen LogP contribution in [0.2, 0.25) is 0 Å². The van der Waals surface area contributed by atoms with E-state index in [-0.39, 0.29) is 10.9 Å². The van der Waals surface area contributed by atoms with Crippen molar-refractivity contribution in [3.63, 3.8) is 0 Å². The van der Waals surface area contributed by atoms with Gasteiger partial charge in [-0.3, -0.25) is 0 Å². The highest BCUT2D eigenvalue weighted by atomic mass is 32.2. The molecule has 0 bridgehead atoms. The Hall–Kier alpha value is -0.525. The van der Waals surface area contributed by atoms with Gasteiger partial charge in [0.25, 0.3) is 0 Å². The molecule has 2 rings (SSSR count). The van der Waals surface area contributed by atoms with Crippen LogP contribution in [0.1, 0.15) is 39.4 Å². The second-order valence-corrected chi connectivity index (χ2v) is 7.87. The van der Waals surface area contributed by atoms with Gasteiger partial charge in [0.1, 0.15) is 0 Å². The lowest BCUT2D eigenvalue weighted by Gasteiger charge is -2.36. The lowest BCUT2D eigenvalue weighted by molar-refractivity contribution is 0.0492. The number of hydrogen-bond donors (Lipinski definition) is 3. The summed E-state index contributed by atoms with van der Waals surface area (Å²) in [5.41, 5.74) is 6.54. The van der Waals surface area contributed by atoms with Crippen LogP contribution in [0.15, 0.2) is 23.1 Å². The zero-order valence-corrected chi connectivity index (χ0v) is 13.2. The minimum Gasteiger partial charge on any atom is -0.423 e. The standard InChI is InChI=1S/C14H22BNO3S/c1-13(2,17)14(3,4)20-9-5-6-10-11(7-9)15(18)19-12(10)8-16/h5-7,12,17-18H,8,16H2,1-4H3. The maximum Gasteiger partial charge on any atom is 0.492 e. The van der Waals surface area contributed by atoms with Crippen molar-refractivity contribution >= 4 is 24.3 Å². The zero-order valence-electron chi connectivity index (χ0n) is 12.4. The number of rotatable bonds is 4. The Morgan fingerprint density at radius 1 is 1.35 bits per heavy atom. The van der Waals surface area contributed by atoms with E-state index in [1.165, 1.54) is 0 Å². The van der Waals surface area contributed by atoms with Gasteiger partial charge >= 0.3 is 7.12 Å². The molecule has 0 aliphatic carbocycles. The van der Waals surface area contributed by atoms with Crippen LogP contribution in [0.4, 0.5) is 0 Å². The van der Waals surface area contributed by atoms with E-state index >= 15 is 0 Å². The Morgan fingerprint density at radius 2 is 2.00 bits per heavy atom. The molecule has 0 fully saturated rings. The summed E-state index contributed by atoms with van der Waals surface area (Å²) >= 11 is 1.58. The molecule has 1 aromatic rings. The van der Waals surface area contributed by atoms with E-state index in [4.69, 9.17) is 10.4 Å². The first kappa shape index (κ1) is 15.9. The number of hydrogen-bond acceptors (Lipinski definition) is 5. The van der Waals surface area contributed by atoms with Gasteiger partial charge in [-0.1, -0.05) is 6.07 Å².